The van der Waals surface area contributed by atoms with Crippen molar-refractivity contribution in [3.63, 3.8) is 0 Å². The van der Waals surface area contributed by atoms with Crippen molar-refractivity contribution in [2.75, 3.05) is 26.0 Å². The first-order chi connectivity index (χ1) is 10.3. The number of unbranched alkanes of at least 4 members (excludes halogenated alkanes) is 3. The Hall–Kier alpha value is -1.56. The van der Waals surface area contributed by atoms with Crippen molar-refractivity contribution in [2.24, 2.45) is 0 Å². The maximum atomic E-state index is 13.1. The summed E-state index contributed by atoms with van der Waals surface area (Å²) in [6.07, 6.45) is -0.663. The summed E-state index contributed by atoms with van der Waals surface area (Å²) in [7, 11) is 3.64. The number of hydrogen-bond donors (Lipinski definition) is 1. The zero-order valence-corrected chi connectivity index (χ0v) is 13.0. The second-order valence-electron chi connectivity index (χ2n) is 5.56. The van der Waals surface area contributed by atoms with E-state index in [-0.39, 0.29) is 5.69 Å². The van der Waals surface area contributed by atoms with Gasteiger partial charge in [0.05, 0.1) is 5.56 Å². The number of aldehydes is 1. The molecule has 1 aromatic rings. The van der Waals surface area contributed by atoms with Crippen LogP contribution in [0.1, 0.15) is 36.8 Å². The molecule has 0 fully saturated rings. The summed E-state index contributed by atoms with van der Waals surface area (Å²) in [4.78, 5) is 12.0. The van der Waals surface area contributed by atoms with Crippen molar-refractivity contribution in [3.05, 3.63) is 29.3 Å². The maximum absolute atomic E-state index is 13.1. The summed E-state index contributed by atoms with van der Waals surface area (Å²) >= 11 is 0. The molecular weight excluding hydrogens is 293 g/mol. The van der Waals surface area contributed by atoms with Crippen LogP contribution in [0.4, 0.5) is 18.9 Å². The molecule has 124 valence electrons. The molecule has 0 saturated heterocycles. The van der Waals surface area contributed by atoms with Gasteiger partial charge in [0.15, 0.2) is 0 Å². The predicted octanol–water partition coefficient (Wildman–Crippen LogP) is 3.94. The quantitative estimate of drug-likeness (QED) is 0.553. The number of halogens is 3. The third-order valence-corrected chi connectivity index (χ3v) is 3.20. The zero-order chi connectivity index (χ0) is 16.6. The second-order valence-corrected chi connectivity index (χ2v) is 5.56. The number of nitrogens with one attached hydrogen (secondary N) is 1. The lowest BCUT2D eigenvalue weighted by Crippen LogP contribution is -2.15. The van der Waals surface area contributed by atoms with Gasteiger partial charge in [-0.1, -0.05) is 12.5 Å². The van der Waals surface area contributed by atoms with Gasteiger partial charge < -0.3 is 15.0 Å². The third-order valence-electron chi connectivity index (χ3n) is 3.20. The topological polar surface area (TPSA) is 32.3 Å². The van der Waals surface area contributed by atoms with Crippen LogP contribution in [0.3, 0.4) is 0 Å². The minimum absolute atomic E-state index is 0.116. The van der Waals surface area contributed by atoms with E-state index in [9.17, 15) is 18.0 Å². The minimum atomic E-state index is -4.37. The zero-order valence-electron chi connectivity index (χ0n) is 13.0. The number of anilines is 1. The molecule has 0 saturated carbocycles. The summed E-state index contributed by atoms with van der Waals surface area (Å²) in [5.74, 6) is 0. The van der Waals surface area contributed by atoms with Crippen molar-refractivity contribution in [3.8, 4) is 0 Å². The molecule has 0 spiro atoms. The van der Waals surface area contributed by atoms with E-state index < -0.39 is 11.7 Å². The lowest BCUT2D eigenvalue weighted by Gasteiger charge is -2.17. The minimum Gasteiger partial charge on any atom is -0.385 e. The Morgan fingerprint density at radius 1 is 1.18 bits per heavy atom. The molecule has 0 aliphatic rings. The van der Waals surface area contributed by atoms with E-state index in [1.54, 1.807) is 6.07 Å². The van der Waals surface area contributed by atoms with Crippen LogP contribution >= 0.6 is 0 Å². The Bertz CT molecular complexity index is 473. The molecule has 0 heterocycles. The van der Waals surface area contributed by atoms with Gasteiger partial charge in [0.25, 0.3) is 0 Å². The van der Waals surface area contributed by atoms with E-state index in [2.05, 4.69) is 5.32 Å². The Morgan fingerprint density at radius 3 is 2.50 bits per heavy atom. The van der Waals surface area contributed by atoms with Crippen molar-refractivity contribution >= 4 is 12.0 Å². The van der Waals surface area contributed by atoms with E-state index in [1.807, 2.05) is 19.0 Å². The number of alkyl halides is 3. The third kappa shape index (κ3) is 6.47. The van der Waals surface area contributed by atoms with Crippen molar-refractivity contribution in [1.29, 1.82) is 0 Å². The molecule has 0 amide bonds. The summed E-state index contributed by atoms with van der Waals surface area (Å²) in [6, 6.07) is 4.41. The first kappa shape index (κ1) is 18.5. The Kier molecular flexibility index (Phi) is 7.38. The molecule has 0 atom stereocenters. The van der Waals surface area contributed by atoms with E-state index in [4.69, 9.17) is 0 Å². The summed E-state index contributed by atoms with van der Waals surface area (Å²) in [5, 5.41) is 2.86. The average molecular weight is 316 g/mol. The molecule has 6 heteroatoms. The molecule has 0 aliphatic carbocycles. The Morgan fingerprint density at radius 2 is 1.91 bits per heavy atom. The van der Waals surface area contributed by atoms with Gasteiger partial charge in [0.2, 0.25) is 0 Å². The first-order valence-corrected chi connectivity index (χ1v) is 7.37. The molecule has 1 rings (SSSR count). The highest BCUT2D eigenvalue weighted by molar-refractivity contribution is 5.54. The number of carbonyl (C=O) groups is 1. The van der Waals surface area contributed by atoms with Crippen molar-refractivity contribution < 1.29 is 18.0 Å². The highest BCUT2D eigenvalue weighted by Crippen LogP contribution is 2.35. The lowest BCUT2D eigenvalue weighted by atomic mass is 10.1. The van der Waals surface area contributed by atoms with Crippen LogP contribution in [-0.2, 0) is 17.5 Å². The van der Waals surface area contributed by atoms with E-state index in [0.717, 1.165) is 25.5 Å². The summed E-state index contributed by atoms with van der Waals surface area (Å²) in [5.41, 5.74) is 0.124. The number of benzene rings is 1. The fourth-order valence-electron chi connectivity index (χ4n) is 2.20. The highest BCUT2D eigenvalue weighted by atomic mass is 19.4. The van der Waals surface area contributed by atoms with Crippen LogP contribution in [0.2, 0.25) is 0 Å². The van der Waals surface area contributed by atoms with Crippen LogP contribution < -0.4 is 5.32 Å². The summed E-state index contributed by atoms with van der Waals surface area (Å²) in [6.45, 7) is 0.935. The average Bonchev–Trinajstić information content (AvgIpc) is 2.42. The van der Waals surface area contributed by atoms with Crippen molar-refractivity contribution in [2.45, 2.75) is 38.4 Å². The Balaban J connectivity index is 2.70. The lowest BCUT2D eigenvalue weighted by molar-refractivity contribution is -0.137. The van der Waals surface area contributed by atoms with Gasteiger partial charge >= 0.3 is 6.18 Å². The number of carbonyl (C=O) groups excluding carboxylic acids is 1. The first-order valence-electron chi connectivity index (χ1n) is 7.37. The fourth-order valence-corrected chi connectivity index (χ4v) is 2.20. The van der Waals surface area contributed by atoms with Crippen LogP contribution in [0.25, 0.3) is 0 Å². The standard InChI is InChI=1S/C16H23F3N2O/c1-21(2)12-13-7-8-15(14(11-13)16(17,18)19)20-9-5-3-4-6-10-22/h7-8,10-11,20H,3-6,9,12H2,1-2H3. The van der Waals surface area contributed by atoms with Gasteiger partial charge in [-0.15, -0.1) is 0 Å². The molecule has 1 N–H and O–H groups in total. The second kappa shape index (κ2) is 8.78. The maximum Gasteiger partial charge on any atom is 0.418 e. The molecule has 22 heavy (non-hydrogen) atoms. The van der Waals surface area contributed by atoms with E-state index in [1.165, 1.54) is 12.1 Å². The van der Waals surface area contributed by atoms with Crippen LogP contribution in [0.15, 0.2) is 18.2 Å². The van der Waals surface area contributed by atoms with Gasteiger partial charge in [-0.25, -0.2) is 0 Å². The molecule has 0 unspecified atom stereocenters. The van der Waals surface area contributed by atoms with Gasteiger partial charge in [0, 0.05) is 25.2 Å². The molecular formula is C16H23F3N2O. The van der Waals surface area contributed by atoms with Crippen molar-refractivity contribution in [1.82, 2.24) is 4.90 Å². The van der Waals surface area contributed by atoms with Crippen LogP contribution in [0.5, 0.6) is 0 Å². The largest absolute Gasteiger partial charge is 0.418 e. The predicted molar refractivity (Wildman–Crippen MR) is 81.9 cm³/mol. The molecule has 0 aromatic heterocycles. The summed E-state index contributed by atoms with van der Waals surface area (Å²) < 4.78 is 39.4. The van der Waals surface area contributed by atoms with Gasteiger partial charge in [-0.2, -0.15) is 13.2 Å². The van der Waals surface area contributed by atoms with Crippen LogP contribution in [0, 0.1) is 0 Å². The van der Waals surface area contributed by atoms with E-state index >= 15 is 0 Å². The number of nitrogens with zero attached hydrogens (tertiary/aromatic N) is 1. The molecule has 0 bridgehead atoms. The number of hydrogen-bond acceptors (Lipinski definition) is 3. The SMILES string of the molecule is CN(C)Cc1ccc(NCCCCCC=O)c(C(F)(F)F)c1. The molecule has 0 radical (unpaired) electrons. The fraction of sp³-hybridized carbons (Fsp3) is 0.562. The van der Waals surface area contributed by atoms with Gasteiger partial charge in [-0.05, 0) is 44.6 Å². The monoisotopic (exact) mass is 316 g/mol. The number of rotatable bonds is 9. The highest BCUT2D eigenvalue weighted by Gasteiger charge is 2.33. The normalized spacial score (nSPS) is 11.7. The van der Waals surface area contributed by atoms with Crippen LogP contribution in [-0.4, -0.2) is 31.8 Å². The molecule has 0 aliphatic heterocycles. The Labute approximate surface area is 129 Å². The molecule has 3 nitrogen and oxygen atoms in total. The molecule has 1 aromatic carbocycles. The van der Waals surface area contributed by atoms with Gasteiger partial charge in [-0.3, -0.25) is 0 Å². The van der Waals surface area contributed by atoms with E-state index in [0.29, 0.717) is 25.1 Å². The van der Waals surface area contributed by atoms with Gasteiger partial charge in [0.1, 0.15) is 6.29 Å². The smallest absolute Gasteiger partial charge is 0.385 e.